The molecule has 0 spiro atoms. The van der Waals surface area contributed by atoms with Crippen molar-refractivity contribution in [3.8, 4) is 0 Å². The minimum absolute atomic E-state index is 0.508. The molecule has 1 N–H and O–H groups in total. The van der Waals surface area contributed by atoms with E-state index in [1.807, 2.05) is 6.92 Å². The van der Waals surface area contributed by atoms with Gasteiger partial charge < -0.3 is 5.21 Å². The topological polar surface area (TPSA) is 32.6 Å². The van der Waals surface area contributed by atoms with Crippen LogP contribution in [-0.2, 0) is 0 Å². The van der Waals surface area contributed by atoms with Crippen molar-refractivity contribution in [3.05, 3.63) is 0 Å². The molecule has 0 aromatic rings. The average molecular weight is 241 g/mol. The van der Waals surface area contributed by atoms with Crippen molar-refractivity contribution in [1.82, 2.24) is 0 Å². The Morgan fingerprint density at radius 1 is 0.882 bits per heavy atom. The summed E-state index contributed by atoms with van der Waals surface area (Å²) in [6.45, 7) is 6.44. The normalized spacial score (nSPS) is 13.9. The molecule has 1 atom stereocenters. The van der Waals surface area contributed by atoms with E-state index in [2.05, 4.69) is 19.0 Å². The Morgan fingerprint density at radius 2 is 1.35 bits per heavy atom. The Hall–Kier alpha value is -0.530. The Balaban J connectivity index is 3.78. The van der Waals surface area contributed by atoms with Crippen LogP contribution in [0.2, 0.25) is 0 Å². The van der Waals surface area contributed by atoms with Gasteiger partial charge in [0.05, 0.1) is 5.71 Å². The van der Waals surface area contributed by atoms with Gasteiger partial charge in [0.25, 0.3) is 0 Å². The van der Waals surface area contributed by atoms with E-state index in [-0.39, 0.29) is 0 Å². The lowest BCUT2D eigenvalue weighted by Gasteiger charge is -2.15. The molecule has 0 heterocycles. The first-order chi connectivity index (χ1) is 8.26. The molecule has 0 rings (SSSR count). The molecule has 2 heteroatoms. The number of rotatable bonds is 11. The molecular weight excluding hydrogens is 210 g/mol. The lowest BCUT2D eigenvalue weighted by molar-refractivity contribution is 0.312. The smallest absolute Gasteiger partial charge is 0.0570 e. The highest BCUT2D eigenvalue weighted by molar-refractivity contribution is 5.83. The van der Waals surface area contributed by atoms with E-state index in [9.17, 15) is 0 Å². The number of nitrogens with zero attached hydrogens (tertiary/aromatic N) is 1. The summed E-state index contributed by atoms with van der Waals surface area (Å²) in [5, 5.41) is 12.3. The molecule has 0 bridgehead atoms. The largest absolute Gasteiger partial charge is 0.411 e. The Kier molecular flexibility index (Phi) is 11.6. The van der Waals surface area contributed by atoms with E-state index in [4.69, 9.17) is 5.21 Å². The van der Waals surface area contributed by atoms with Gasteiger partial charge in [-0.05, 0) is 19.8 Å². The van der Waals surface area contributed by atoms with Crippen LogP contribution in [0.3, 0.4) is 0 Å². The van der Waals surface area contributed by atoms with Gasteiger partial charge in [-0.1, -0.05) is 70.4 Å². The summed E-state index contributed by atoms with van der Waals surface area (Å²) in [5.74, 6) is 0.508. The van der Waals surface area contributed by atoms with Crippen molar-refractivity contribution in [2.75, 3.05) is 0 Å². The average Bonchev–Trinajstić information content (AvgIpc) is 2.35. The predicted molar refractivity (Wildman–Crippen MR) is 75.9 cm³/mol. The summed E-state index contributed by atoms with van der Waals surface area (Å²) in [6.07, 6.45) is 12.8. The van der Waals surface area contributed by atoms with E-state index in [1.54, 1.807) is 0 Å². The summed E-state index contributed by atoms with van der Waals surface area (Å²) < 4.78 is 0. The molecule has 102 valence electrons. The molecule has 0 amide bonds. The van der Waals surface area contributed by atoms with E-state index in [0.29, 0.717) is 5.92 Å². The highest BCUT2D eigenvalue weighted by atomic mass is 16.4. The SMILES string of the molecule is CCCCCCCC(CCCCC)/C(C)=N/O. The van der Waals surface area contributed by atoms with Crippen LogP contribution in [0.5, 0.6) is 0 Å². The van der Waals surface area contributed by atoms with Gasteiger partial charge in [-0.25, -0.2) is 0 Å². The van der Waals surface area contributed by atoms with Crippen LogP contribution < -0.4 is 0 Å². The summed E-state index contributed by atoms with van der Waals surface area (Å²) in [6, 6.07) is 0. The molecule has 17 heavy (non-hydrogen) atoms. The molecule has 0 radical (unpaired) electrons. The van der Waals surface area contributed by atoms with Gasteiger partial charge >= 0.3 is 0 Å². The van der Waals surface area contributed by atoms with Crippen LogP contribution in [-0.4, -0.2) is 10.9 Å². The molecule has 0 aromatic heterocycles. The number of oxime groups is 1. The molecule has 0 aliphatic heterocycles. The second kappa shape index (κ2) is 11.9. The third kappa shape index (κ3) is 9.20. The Labute approximate surface area is 107 Å². The summed E-state index contributed by atoms with van der Waals surface area (Å²) in [7, 11) is 0. The van der Waals surface area contributed by atoms with Crippen molar-refractivity contribution >= 4 is 5.71 Å². The first-order valence-electron chi connectivity index (χ1n) is 7.44. The highest BCUT2D eigenvalue weighted by Gasteiger charge is 2.12. The van der Waals surface area contributed by atoms with Crippen LogP contribution in [0.15, 0.2) is 5.16 Å². The lowest BCUT2D eigenvalue weighted by atomic mass is 9.91. The zero-order valence-electron chi connectivity index (χ0n) is 12.0. The molecule has 0 aliphatic rings. The molecule has 0 aliphatic carbocycles. The summed E-state index contributed by atoms with van der Waals surface area (Å²) in [4.78, 5) is 0. The Morgan fingerprint density at radius 3 is 1.88 bits per heavy atom. The predicted octanol–water partition coefficient (Wildman–Crippen LogP) is 5.39. The summed E-state index contributed by atoms with van der Waals surface area (Å²) in [5.41, 5.74) is 0.927. The van der Waals surface area contributed by atoms with Crippen molar-refractivity contribution in [2.45, 2.75) is 85.0 Å². The van der Waals surface area contributed by atoms with Gasteiger partial charge in [0.2, 0.25) is 0 Å². The van der Waals surface area contributed by atoms with Gasteiger partial charge in [-0.3, -0.25) is 0 Å². The van der Waals surface area contributed by atoms with Gasteiger partial charge in [-0.15, -0.1) is 0 Å². The zero-order valence-corrected chi connectivity index (χ0v) is 12.0. The minimum Gasteiger partial charge on any atom is -0.411 e. The maximum absolute atomic E-state index is 8.89. The van der Waals surface area contributed by atoms with Crippen LogP contribution >= 0.6 is 0 Å². The van der Waals surface area contributed by atoms with E-state index >= 15 is 0 Å². The maximum Gasteiger partial charge on any atom is 0.0570 e. The van der Waals surface area contributed by atoms with Crippen molar-refractivity contribution < 1.29 is 5.21 Å². The molecule has 0 saturated heterocycles. The van der Waals surface area contributed by atoms with E-state index in [1.165, 1.54) is 64.2 Å². The van der Waals surface area contributed by atoms with E-state index in [0.717, 1.165) is 5.71 Å². The van der Waals surface area contributed by atoms with Gasteiger partial charge in [0, 0.05) is 5.92 Å². The highest BCUT2D eigenvalue weighted by Crippen LogP contribution is 2.19. The summed E-state index contributed by atoms with van der Waals surface area (Å²) >= 11 is 0. The van der Waals surface area contributed by atoms with Crippen molar-refractivity contribution in [3.63, 3.8) is 0 Å². The molecule has 2 nitrogen and oxygen atoms in total. The maximum atomic E-state index is 8.89. The lowest BCUT2D eigenvalue weighted by Crippen LogP contribution is -2.11. The van der Waals surface area contributed by atoms with Gasteiger partial charge in [0.1, 0.15) is 0 Å². The van der Waals surface area contributed by atoms with Crippen molar-refractivity contribution in [2.24, 2.45) is 11.1 Å². The third-order valence-corrected chi connectivity index (χ3v) is 3.56. The fourth-order valence-electron chi connectivity index (χ4n) is 2.28. The fraction of sp³-hybridized carbons (Fsp3) is 0.933. The van der Waals surface area contributed by atoms with Crippen molar-refractivity contribution in [1.29, 1.82) is 0 Å². The standard InChI is InChI=1S/C15H31NO/c1-4-6-8-9-11-13-15(14(3)16-17)12-10-7-5-2/h15,17H,4-13H2,1-3H3/b16-14+. The first kappa shape index (κ1) is 16.5. The molecule has 1 unspecified atom stereocenters. The fourth-order valence-corrected chi connectivity index (χ4v) is 2.28. The molecule has 0 aromatic carbocycles. The number of hydrogen-bond acceptors (Lipinski definition) is 2. The molecule has 0 fully saturated rings. The molecular formula is C15H31NO. The van der Waals surface area contributed by atoms with E-state index < -0.39 is 0 Å². The zero-order chi connectivity index (χ0) is 12.9. The second-order valence-electron chi connectivity index (χ2n) is 5.14. The van der Waals surface area contributed by atoms with Crippen LogP contribution in [0.4, 0.5) is 0 Å². The number of unbranched alkanes of at least 4 members (excludes halogenated alkanes) is 6. The van der Waals surface area contributed by atoms with Crippen LogP contribution in [0, 0.1) is 5.92 Å². The Bertz CT molecular complexity index is 189. The first-order valence-corrected chi connectivity index (χ1v) is 7.44. The van der Waals surface area contributed by atoms with Gasteiger partial charge in [0.15, 0.2) is 0 Å². The van der Waals surface area contributed by atoms with Crippen LogP contribution in [0.25, 0.3) is 0 Å². The quantitative estimate of drug-likeness (QED) is 0.223. The monoisotopic (exact) mass is 241 g/mol. The number of hydrogen-bond donors (Lipinski definition) is 1. The van der Waals surface area contributed by atoms with Crippen LogP contribution in [0.1, 0.15) is 85.0 Å². The third-order valence-electron chi connectivity index (χ3n) is 3.56. The molecule has 0 saturated carbocycles. The van der Waals surface area contributed by atoms with Gasteiger partial charge in [-0.2, -0.15) is 0 Å². The minimum atomic E-state index is 0.508. The second-order valence-corrected chi connectivity index (χ2v) is 5.14.